The van der Waals surface area contributed by atoms with Crippen LogP contribution < -0.4 is 0 Å². The van der Waals surface area contributed by atoms with Crippen LogP contribution in [0.4, 0.5) is 4.39 Å². The van der Waals surface area contributed by atoms with Gasteiger partial charge in [0, 0.05) is 6.42 Å². The third kappa shape index (κ3) is 3.06. The maximum Gasteiger partial charge on any atom is 0.309 e. The molecule has 2 aromatic rings. The molecule has 1 atom stereocenters. The van der Waals surface area contributed by atoms with Gasteiger partial charge in [-0.05, 0) is 55.7 Å². The molecule has 1 heterocycles. The molecule has 0 amide bonds. The molecule has 1 unspecified atom stereocenters. The van der Waals surface area contributed by atoms with Gasteiger partial charge in [-0.1, -0.05) is 17.7 Å². The Balaban J connectivity index is 1.79. The molecule has 142 valence electrons. The second kappa shape index (κ2) is 6.75. The second-order valence-corrected chi connectivity index (χ2v) is 7.67. The van der Waals surface area contributed by atoms with E-state index in [4.69, 9.17) is 16.3 Å². The smallest absolute Gasteiger partial charge is 0.309 e. The number of hydrogen-bond donors (Lipinski definition) is 0. The lowest BCUT2D eigenvalue weighted by Gasteiger charge is -2.21. The zero-order valence-corrected chi connectivity index (χ0v) is 16.0. The zero-order valence-electron chi connectivity index (χ0n) is 15.2. The van der Waals surface area contributed by atoms with Gasteiger partial charge in [-0.25, -0.2) is 9.07 Å². The Morgan fingerprint density at radius 3 is 2.70 bits per heavy atom. The van der Waals surface area contributed by atoms with Gasteiger partial charge in [0.25, 0.3) is 5.91 Å². The van der Waals surface area contributed by atoms with Gasteiger partial charge in [0.2, 0.25) is 0 Å². The van der Waals surface area contributed by atoms with Crippen LogP contribution in [0.15, 0.2) is 12.1 Å². The third-order valence-electron chi connectivity index (χ3n) is 5.56. The van der Waals surface area contributed by atoms with Crippen LogP contribution >= 0.6 is 11.6 Å². The lowest BCUT2D eigenvalue weighted by Crippen LogP contribution is -2.27. The molecule has 7 heteroatoms. The van der Waals surface area contributed by atoms with E-state index in [-0.39, 0.29) is 28.4 Å². The van der Waals surface area contributed by atoms with Crippen LogP contribution in [0.25, 0.3) is 0 Å². The molecule has 0 saturated heterocycles. The largest absolute Gasteiger partial charge is 0.469 e. The topological polar surface area (TPSA) is 61.2 Å². The first-order valence-electron chi connectivity index (χ1n) is 9.10. The number of rotatable bonds is 3. The van der Waals surface area contributed by atoms with Gasteiger partial charge in [0.1, 0.15) is 5.82 Å². The van der Waals surface area contributed by atoms with E-state index in [1.165, 1.54) is 17.9 Å². The van der Waals surface area contributed by atoms with Gasteiger partial charge in [0.05, 0.1) is 35.0 Å². The predicted molar refractivity (Wildman–Crippen MR) is 97.6 cm³/mol. The Labute approximate surface area is 161 Å². The van der Waals surface area contributed by atoms with Crippen molar-refractivity contribution in [1.29, 1.82) is 0 Å². The Kier molecular flexibility index (Phi) is 4.54. The minimum absolute atomic E-state index is 0.161. The van der Waals surface area contributed by atoms with Gasteiger partial charge in [-0.2, -0.15) is 5.10 Å². The van der Waals surface area contributed by atoms with Crippen LogP contribution in [0.5, 0.6) is 0 Å². The van der Waals surface area contributed by atoms with Crippen molar-refractivity contribution in [3.63, 3.8) is 0 Å². The molecule has 1 aromatic carbocycles. The maximum atomic E-state index is 14.1. The molecule has 27 heavy (non-hydrogen) atoms. The highest BCUT2D eigenvalue weighted by atomic mass is 35.5. The average molecular weight is 391 g/mol. The third-order valence-corrected chi connectivity index (χ3v) is 5.93. The van der Waals surface area contributed by atoms with Gasteiger partial charge >= 0.3 is 5.97 Å². The molecule has 0 bridgehead atoms. The number of halogens is 2. The van der Waals surface area contributed by atoms with Crippen molar-refractivity contribution < 1.29 is 18.7 Å². The standard InChI is InChI=1S/C20H20ClFN2O3/c1-10-13-6-5-12(20(26)27-2)9-16(13)24(23-10)19(25)17-14(11-3-4-11)7-8-15(22)18(17)21/h7-8,11-12H,3-6,9H2,1-2H3. The predicted octanol–water partition coefficient (Wildman–Crippen LogP) is 3.83. The number of methoxy groups -OCH3 is 1. The number of fused-ring (bicyclic) bond motifs is 1. The fourth-order valence-electron chi connectivity index (χ4n) is 3.96. The maximum absolute atomic E-state index is 14.1. The number of hydrogen-bond acceptors (Lipinski definition) is 4. The summed E-state index contributed by atoms with van der Waals surface area (Å²) in [5.41, 5.74) is 3.38. The number of benzene rings is 1. The summed E-state index contributed by atoms with van der Waals surface area (Å²) in [4.78, 5) is 25.3. The molecule has 5 nitrogen and oxygen atoms in total. The minimum Gasteiger partial charge on any atom is -0.469 e. The molecule has 1 saturated carbocycles. The summed E-state index contributed by atoms with van der Waals surface area (Å²) in [7, 11) is 1.36. The van der Waals surface area contributed by atoms with Gasteiger partial charge in [-0.15, -0.1) is 0 Å². The number of aryl methyl sites for hydroxylation is 1. The SMILES string of the molecule is COC(=O)C1CCc2c(C)nn(C(=O)c3c(C4CC4)ccc(F)c3Cl)c2C1. The number of carbonyl (C=O) groups is 2. The van der Waals surface area contributed by atoms with E-state index in [9.17, 15) is 14.0 Å². The van der Waals surface area contributed by atoms with Crippen LogP contribution in [-0.4, -0.2) is 28.8 Å². The number of nitrogens with zero attached hydrogens (tertiary/aromatic N) is 2. The fraction of sp³-hybridized carbons (Fsp3) is 0.450. The number of aromatic nitrogens is 2. The molecule has 1 aromatic heterocycles. The Morgan fingerprint density at radius 2 is 2.04 bits per heavy atom. The first kappa shape index (κ1) is 18.2. The summed E-state index contributed by atoms with van der Waals surface area (Å²) >= 11 is 6.20. The molecule has 0 radical (unpaired) electrons. The molecular weight excluding hydrogens is 371 g/mol. The van der Waals surface area contributed by atoms with Crippen LogP contribution in [-0.2, 0) is 22.4 Å². The molecule has 4 rings (SSSR count). The highest BCUT2D eigenvalue weighted by Crippen LogP contribution is 2.44. The number of esters is 1. The number of carbonyl (C=O) groups excluding carboxylic acids is 2. The first-order valence-corrected chi connectivity index (χ1v) is 9.48. The highest BCUT2D eigenvalue weighted by Gasteiger charge is 2.35. The normalized spacial score (nSPS) is 18.9. The second-order valence-electron chi connectivity index (χ2n) is 7.29. The van der Waals surface area contributed by atoms with Crippen LogP contribution in [0.3, 0.4) is 0 Å². The van der Waals surface area contributed by atoms with E-state index >= 15 is 0 Å². The van der Waals surface area contributed by atoms with Crippen molar-refractivity contribution in [2.24, 2.45) is 5.92 Å². The lowest BCUT2D eigenvalue weighted by atomic mass is 9.86. The summed E-state index contributed by atoms with van der Waals surface area (Å²) in [5, 5.41) is 4.25. The Hall–Kier alpha value is -2.21. The molecule has 0 spiro atoms. The number of ether oxygens (including phenoxy) is 1. The summed E-state index contributed by atoms with van der Waals surface area (Å²) in [6, 6.07) is 2.95. The quantitative estimate of drug-likeness (QED) is 0.747. The molecule has 0 aliphatic heterocycles. The van der Waals surface area contributed by atoms with Crippen LogP contribution in [0.2, 0.25) is 5.02 Å². The van der Waals surface area contributed by atoms with Crippen molar-refractivity contribution in [2.75, 3.05) is 7.11 Å². The minimum atomic E-state index is -0.616. The first-order chi connectivity index (χ1) is 12.9. The van der Waals surface area contributed by atoms with Crippen molar-refractivity contribution >= 4 is 23.5 Å². The Bertz CT molecular complexity index is 949. The summed E-state index contributed by atoms with van der Waals surface area (Å²) in [6.45, 7) is 1.84. The van der Waals surface area contributed by atoms with E-state index in [2.05, 4.69) is 5.10 Å². The van der Waals surface area contributed by atoms with Crippen molar-refractivity contribution in [1.82, 2.24) is 9.78 Å². The van der Waals surface area contributed by atoms with Gasteiger partial charge in [-0.3, -0.25) is 9.59 Å². The van der Waals surface area contributed by atoms with E-state index in [1.54, 1.807) is 6.07 Å². The Morgan fingerprint density at radius 1 is 1.30 bits per heavy atom. The molecule has 2 aliphatic rings. The summed E-state index contributed by atoms with van der Waals surface area (Å²) in [5.74, 6) is -1.42. The van der Waals surface area contributed by atoms with E-state index in [0.717, 1.165) is 29.7 Å². The van der Waals surface area contributed by atoms with Crippen molar-refractivity contribution in [3.05, 3.63) is 51.1 Å². The van der Waals surface area contributed by atoms with E-state index in [0.29, 0.717) is 25.0 Å². The molecular formula is C20H20ClFN2O3. The average Bonchev–Trinajstić information content (AvgIpc) is 3.46. The summed E-state index contributed by atoms with van der Waals surface area (Å²) in [6.07, 6.45) is 3.61. The molecule has 1 fully saturated rings. The van der Waals surface area contributed by atoms with Crippen LogP contribution in [0, 0.1) is 18.7 Å². The van der Waals surface area contributed by atoms with E-state index < -0.39 is 11.7 Å². The van der Waals surface area contributed by atoms with Crippen LogP contribution in [0.1, 0.15) is 58.1 Å². The van der Waals surface area contributed by atoms with E-state index in [1.807, 2.05) is 6.92 Å². The molecule has 2 aliphatic carbocycles. The monoisotopic (exact) mass is 390 g/mol. The fourth-order valence-corrected chi connectivity index (χ4v) is 4.21. The lowest BCUT2D eigenvalue weighted by molar-refractivity contribution is -0.145. The molecule has 0 N–H and O–H groups in total. The highest BCUT2D eigenvalue weighted by molar-refractivity contribution is 6.34. The summed E-state index contributed by atoms with van der Waals surface area (Å²) < 4.78 is 20.3. The van der Waals surface area contributed by atoms with Crippen molar-refractivity contribution in [3.8, 4) is 0 Å². The zero-order chi connectivity index (χ0) is 19.3. The van der Waals surface area contributed by atoms with Crippen molar-refractivity contribution in [2.45, 2.75) is 44.9 Å². The van der Waals surface area contributed by atoms with Gasteiger partial charge < -0.3 is 4.74 Å². The van der Waals surface area contributed by atoms with Gasteiger partial charge in [0.15, 0.2) is 0 Å².